The highest BCUT2D eigenvalue weighted by Gasteiger charge is 2.23. The van der Waals surface area contributed by atoms with Crippen LogP contribution in [0, 0.1) is 15.9 Å². The van der Waals surface area contributed by atoms with Gasteiger partial charge in [0.1, 0.15) is 5.82 Å². The molecule has 1 aromatic carbocycles. The predicted octanol–water partition coefficient (Wildman–Crippen LogP) is 1.25. The van der Waals surface area contributed by atoms with E-state index >= 15 is 0 Å². The highest BCUT2D eigenvalue weighted by atomic mass is 19.1. The van der Waals surface area contributed by atoms with Gasteiger partial charge in [0.25, 0.3) is 0 Å². The topological polar surface area (TPSA) is 139 Å². The number of aliphatic hydroxyl groups excluding tert-OH is 1. The minimum atomic E-state index is -0.711. The summed E-state index contributed by atoms with van der Waals surface area (Å²) in [6, 6.07) is 5.20. The maximum Gasteiger partial charge on any atom is 0.353 e. The number of aliphatic hydroxyl groups is 1. The summed E-state index contributed by atoms with van der Waals surface area (Å²) in [4.78, 5) is 18.1. The summed E-state index contributed by atoms with van der Waals surface area (Å²) >= 11 is 0. The molecule has 1 aromatic heterocycles. The van der Waals surface area contributed by atoms with Gasteiger partial charge in [-0.15, -0.1) is 0 Å². The molecule has 2 aromatic rings. The van der Waals surface area contributed by atoms with E-state index in [0.29, 0.717) is 5.69 Å². The molecule has 0 aliphatic rings. The molecule has 22 heavy (non-hydrogen) atoms. The summed E-state index contributed by atoms with van der Waals surface area (Å²) in [5.74, 6) is -0.871. The number of halogens is 1. The van der Waals surface area contributed by atoms with Crippen molar-refractivity contribution in [3.05, 3.63) is 40.2 Å². The standard InChI is InChI=1S/C12H13FN6O3/c13-7-1-3-8(4-2-7)16-11-9(19(21)22)10(14)17-12(18-11)15-5-6-20/h1-4,20H,5-6H2,(H4,14,15,16,17,18). The number of nitrogens with two attached hydrogens (primary N) is 1. The largest absolute Gasteiger partial charge is 0.395 e. The van der Waals surface area contributed by atoms with E-state index in [1.807, 2.05) is 0 Å². The van der Waals surface area contributed by atoms with Crippen molar-refractivity contribution in [2.45, 2.75) is 0 Å². The number of hydrogen-bond donors (Lipinski definition) is 4. The summed E-state index contributed by atoms with van der Waals surface area (Å²) in [5.41, 5.74) is 5.49. The van der Waals surface area contributed by atoms with Gasteiger partial charge >= 0.3 is 5.69 Å². The second-order valence-electron chi connectivity index (χ2n) is 4.17. The summed E-state index contributed by atoms with van der Waals surface area (Å²) in [6.07, 6.45) is 0. The molecule has 0 radical (unpaired) electrons. The molecule has 1 heterocycles. The fraction of sp³-hybridized carbons (Fsp3) is 0.167. The van der Waals surface area contributed by atoms with Crippen LogP contribution in [0.2, 0.25) is 0 Å². The van der Waals surface area contributed by atoms with Gasteiger partial charge in [0.2, 0.25) is 17.6 Å². The molecule has 9 nitrogen and oxygen atoms in total. The van der Waals surface area contributed by atoms with Gasteiger partial charge in [-0.25, -0.2) is 4.39 Å². The molecule has 10 heteroatoms. The van der Waals surface area contributed by atoms with E-state index in [0.717, 1.165) is 0 Å². The molecule has 5 N–H and O–H groups in total. The number of benzene rings is 1. The molecule has 0 saturated carbocycles. The maximum atomic E-state index is 12.9. The molecule has 0 amide bonds. The van der Waals surface area contributed by atoms with Crippen LogP contribution in [0.15, 0.2) is 24.3 Å². The Morgan fingerprint density at radius 3 is 2.59 bits per heavy atom. The average Bonchev–Trinajstić information content (AvgIpc) is 2.46. The van der Waals surface area contributed by atoms with Crippen molar-refractivity contribution < 1.29 is 14.4 Å². The van der Waals surface area contributed by atoms with Crippen molar-refractivity contribution >= 4 is 29.0 Å². The van der Waals surface area contributed by atoms with Crippen LogP contribution >= 0.6 is 0 Å². The van der Waals surface area contributed by atoms with E-state index in [2.05, 4.69) is 20.6 Å². The minimum Gasteiger partial charge on any atom is -0.395 e. The molecule has 0 bridgehead atoms. The first-order valence-electron chi connectivity index (χ1n) is 6.20. The normalized spacial score (nSPS) is 10.3. The Morgan fingerprint density at radius 1 is 1.32 bits per heavy atom. The quantitative estimate of drug-likeness (QED) is 0.462. The Balaban J connectivity index is 2.39. The van der Waals surface area contributed by atoms with Crippen molar-refractivity contribution in [3.63, 3.8) is 0 Å². The lowest BCUT2D eigenvalue weighted by Crippen LogP contribution is -2.12. The number of nitrogen functional groups attached to an aromatic ring is 1. The van der Waals surface area contributed by atoms with Crippen molar-refractivity contribution in [2.75, 3.05) is 29.5 Å². The third kappa shape index (κ3) is 3.55. The smallest absolute Gasteiger partial charge is 0.353 e. The van der Waals surface area contributed by atoms with Gasteiger partial charge in [-0.05, 0) is 24.3 Å². The Labute approximate surface area is 124 Å². The molecule has 0 atom stereocenters. The molecule has 0 spiro atoms. The maximum absolute atomic E-state index is 12.9. The van der Waals surface area contributed by atoms with Gasteiger partial charge in [-0.1, -0.05) is 0 Å². The number of nitrogens with zero attached hydrogens (tertiary/aromatic N) is 3. The van der Waals surface area contributed by atoms with E-state index in [4.69, 9.17) is 10.8 Å². The Hall–Kier alpha value is -3.01. The van der Waals surface area contributed by atoms with Gasteiger partial charge in [-0.3, -0.25) is 10.1 Å². The van der Waals surface area contributed by atoms with Gasteiger partial charge in [0.05, 0.1) is 11.5 Å². The van der Waals surface area contributed by atoms with Crippen LogP contribution in [0.3, 0.4) is 0 Å². The predicted molar refractivity (Wildman–Crippen MR) is 78.4 cm³/mol. The average molecular weight is 308 g/mol. The number of nitrogens with one attached hydrogen (secondary N) is 2. The first kappa shape index (κ1) is 15.4. The molecule has 116 valence electrons. The lowest BCUT2D eigenvalue weighted by atomic mass is 10.3. The summed E-state index contributed by atoms with van der Waals surface area (Å²) < 4.78 is 12.9. The Morgan fingerprint density at radius 2 is 2.00 bits per heavy atom. The Kier molecular flexibility index (Phi) is 4.63. The third-order valence-corrected chi connectivity index (χ3v) is 2.60. The van der Waals surface area contributed by atoms with Crippen molar-refractivity contribution in [1.82, 2.24) is 9.97 Å². The minimum absolute atomic E-state index is 0.0294. The molecule has 0 aliphatic carbocycles. The second-order valence-corrected chi connectivity index (χ2v) is 4.17. The number of nitro groups is 1. The molecular formula is C12H13FN6O3. The van der Waals surface area contributed by atoms with Crippen molar-refractivity contribution in [2.24, 2.45) is 0 Å². The van der Waals surface area contributed by atoms with Crippen LogP contribution < -0.4 is 16.4 Å². The van der Waals surface area contributed by atoms with Gasteiger partial charge in [0.15, 0.2) is 0 Å². The van der Waals surface area contributed by atoms with Gasteiger partial charge in [0, 0.05) is 12.2 Å². The highest BCUT2D eigenvalue weighted by molar-refractivity contribution is 5.74. The van der Waals surface area contributed by atoms with E-state index in [-0.39, 0.29) is 30.7 Å². The molecule has 0 unspecified atom stereocenters. The van der Waals surface area contributed by atoms with Crippen LogP contribution in [0.5, 0.6) is 0 Å². The zero-order valence-corrected chi connectivity index (χ0v) is 11.3. The number of aromatic nitrogens is 2. The SMILES string of the molecule is Nc1nc(NCCO)nc(Nc2ccc(F)cc2)c1[N+](=O)[O-]. The first-order valence-corrected chi connectivity index (χ1v) is 6.20. The van der Waals surface area contributed by atoms with Crippen LogP contribution in [-0.2, 0) is 0 Å². The van der Waals surface area contributed by atoms with Crippen LogP contribution in [0.1, 0.15) is 0 Å². The summed E-state index contributed by atoms with van der Waals surface area (Å²) in [7, 11) is 0. The third-order valence-electron chi connectivity index (χ3n) is 2.60. The van der Waals surface area contributed by atoms with Gasteiger partial charge < -0.3 is 21.5 Å². The molecule has 0 aliphatic heterocycles. The van der Waals surface area contributed by atoms with Crippen molar-refractivity contribution in [3.8, 4) is 0 Å². The van der Waals surface area contributed by atoms with E-state index < -0.39 is 16.4 Å². The molecule has 0 saturated heterocycles. The molecule has 2 rings (SSSR count). The molecular weight excluding hydrogens is 295 g/mol. The zero-order valence-electron chi connectivity index (χ0n) is 11.3. The monoisotopic (exact) mass is 308 g/mol. The van der Waals surface area contributed by atoms with Gasteiger partial charge in [-0.2, -0.15) is 9.97 Å². The van der Waals surface area contributed by atoms with E-state index in [9.17, 15) is 14.5 Å². The molecule has 0 fully saturated rings. The summed E-state index contributed by atoms with van der Waals surface area (Å²) in [6.45, 7) is -0.00574. The second kappa shape index (κ2) is 6.63. The highest BCUT2D eigenvalue weighted by Crippen LogP contribution is 2.31. The fourth-order valence-electron chi connectivity index (χ4n) is 1.66. The van der Waals surface area contributed by atoms with Crippen LogP contribution in [0.25, 0.3) is 0 Å². The number of hydrogen-bond acceptors (Lipinski definition) is 8. The Bertz CT molecular complexity index is 679. The summed E-state index contributed by atoms with van der Waals surface area (Å²) in [5, 5.41) is 25.2. The lowest BCUT2D eigenvalue weighted by Gasteiger charge is -2.10. The van der Waals surface area contributed by atoms with Crippen LogP contribution in [-0.4, -0.2) is 33.1 Å². The first-order chi connectivity index (χ1) is 10.5. The van der Waals surface area contributed by atoms with E-state index in [1.54, 1.807) is 0 Å². The number of rotatable bonds is 6. The zero-order chi connectivity index (χ0) is 16.1. The number of anilines is 4. The lowest BCUT2D eigenvalue weighted by molar-refractivity contribution is -0.383. The van der Waals surface area contributed by atoms with Crippen molar-refractivity contribution in [1.29, 1.82) is 0 Å². The van der Waals surface area contributed by atoms with Crippen LogP contribution in [0.4, 0.5) is 33.3 Å². The van der Waals surface area contributed by atoms with E-state index in [1.165, 1.54) is 24.3 Å². The fourth-order valence-corrected chi connectivity index (χ4v) is 1.66.